The standard InChI is InChI=1S/C16H15FN2/c1-11-2-5-14(17)9-15(11)19-10-12-3-4-13-6-7-18-16(13)8-12/h2-9,18-19H,10H2,1H3. The zero-order chi connectivity index (χ0) is 13.2. The molecule has 0 saturated heterocycles. The van der Waals surface area contributed by atoms with Crippen molar-refractivity contribution in [1.29, 1.82) is 0 Å². The van der Waals surface area contributed by atoms with Gasteiger partial charge in [0, 0.05) is 23.9 Å². The molecular weight excluding hydrogens is 239 g/mol. The highest BCUT2D eigenvalue weighted by molar-refractivity contribution is 5.79. The number of anilines is 1. The summed E-state index contributed by atoms with van der Waals surface area (Å²) in [5.41, 5.74) is 4.17. The van der Waals surface area contributed by atoms with E-state index in [4.69, 9.17) is 0 Å². The number of aryl methyl sites for hydroxylation is 1. The van der Waals surface area contributed by atoms with Crippen LogP contribution in [0.25, 0.3) is 10.9 Å². The van der Waals surface area contributed by atoms with Crippen molar-refractivity contribution in [2.75, 3.05) is 5.32 Å². The molecule has 2 nitrogen and oxygen atoms in total. The van der Waals surface area contributed by atoms with E-state index in [2.05, 4.69) is 28.5 Å². The smallest absolute Gasteiger partial charge is 0.125 e. The lowest BCUT2D eigenvalue weighted by atomic mass is 10.1. The van der Waals surface area contributed by atoms with E-state index in [1.54, 1.807) is 6.07 Å². The quantitative estimate of drug-likeness (QED) is 0.719. The molecule has 19 heavy (non-hydrogen) atoms. The predicted molar refractivity (Wildman–Crippen MR) is 76.8 cm³/mol. The van der Waals surface area contributed by atoms with Crippen molar-refractivity contribution >= 4 is 16.6 Å². The molecule has 0 bridgehead atoms. The molecule has 0 amide bonds. The Balaban J connectivity index is 1.79. The molecule has 96 valence electrons. The third kappa shape index (κ3) is 2.45. The molecular formula is C16H15FN2. The molecule has 3 aromatic rings. The van der Waals surface area contributed by atoms with Crippen LogP contribution < -0.4 is 5.32 Å². The summed E-state index contributed by atoms with van der Waals surface area (Å²) in [7, 11) is 0. The molecule has 1 heterocycles. The summed E-state index contributed by atoms with van der Waals surface area (Å²) >= 11 is 0. The lowest BCUT2D eigenvalue weighted by Crippen LogP contribution is -2.01. The van der Waals surface area contributed by atoms with Crippen LogP contribution in [0.5, 0.6) is 0 Å². The summed E-state index contributed by atoms with van der Waals surface area (Å²) in [6, 6.07) is 13.1. The largest absolute Gasteiger partial charge is 0.381 e. The first-order valence-electron chi connectivity index (χ1n) is 6.28. The van der Waals surface area contributed by atoms with Crippen LogP contribution in [0.15, 0.2) is 48.7 Å². The van der Waals surface area contributed by atoms with E-state index < -0.39 is 0 Å². The molecule has 0 spiro atoms. The minimum atomic E-state index is -0.215. The Kier molecular flexibility index (Phi) is 2.95. The molecule has 0 aliphatic carbocycles. The first-order chi connectivity index (χ1) is 9.22. The number of nitrogens with one attached hydrogen (secondary N) is 2. The monoisotopic (exact) mass is 254 g/mol. The van der Waals surface area contributed by atoms with Gasteiger partial charge in [-0.1, -0.05) is 18.2 Å². The van der Waals surface area contributed by atoms with Crippen LogP contribution in [-0.2, 0) is 6.54 Å². The lowest BCUT2D eigenvalue weighted by Gasteiger charge is -2.09. The molecule has 2 aromatic carbocycles. The number of fused-ring (bicyclic) bond motifs is 1. The zero-order valence-corrected chi connectivity index (χ0v) is 10.7. The van der Waals surface area contributed by atoms with Crippen LogP contribution in [0, 0.1) is 12.7 Å². The van der Waals surface area contributed by atoms with E-state index in [0.29, 0.717) is 6.54 Å². The summed E-state index contributed by atoms with van der Waals surface area (Å²) in [5, 5.41) is 4.47. The Morgan fingerprint density at radius 3 is 2.89 bits per heavy atom. The fourth-order valence-electron chi connectivity index (χ4n) is 2.19. The number of rotatable bonds is 3. The van der Waals surface area contributed by atoms with Crippen molar-refractivity contribution in [2.45, 2.75) is 13.5 Å². The fourth-order valence-corrected chi connectivity index (χ4v) is 2.19. The molecule has 2 N–H and O–H groups in total. The van der Waals surface area contributed by atoms with E-state index in [1.165, 1.54) is 23.1 Å². The van der Waals surface area contributed by atoms with Gasteiger partial charge in [-0.15, -0.1) is 0 Å². The van der Waals surface area contributed by atoms with Gasteiger partial charge in [-0.05, 0) is 47.7 Å². The fraction of sp³-hybridized carbons (Fsp3) is 0.125. The average Bonchev–Trinajstić information content (AvgIpc) is 2.87. The van der Waals surface area contributed by atoms with Crippen molar-refractivity contribution in [1.82, 2.24) is 4.98 Å². The minimum Gasteiger partial charge on any atom is -0.381 e. The number of aromatic nitrogens is 1. The average molecular weight is 254 g/mol. The van der Waals surface area contributed by atoms with Crippen molar-refractivity contribution in [2.24, 2.45) is 0 Å². The second-order valence-corrected chi connectivity index (χ2v) is 4.71. The molecule has 1 aromatic heterocycles. The summed E-state index contributed by atoms with van der Waals surface area (Å²) in [5.74, 6) is -0.215. The van der Waals surface area contributed by atoms with Gasteiger partial charge >= 0.3 is 0 Å². The van der Waals surface area contributed by atoms with E-state index in [9.17, 15) is 4.39 Å². The number of hydrogen-bond acceptors (Lipinski definition) is 1. The van der Waals surface area contributed by atoms with Crippen LogP contribution in [0.2, 0.25) is 0 Å². The maximum Gasteiger partial charge on any atom is 0.125 e. The van der Waals surface area contributed by atoms with Gasteiger partial charge in [0.1, 0.15) is 5.82 Å². The Labute approximate surface area is 111 Å². The first-order valence-corrected chi connectivity index (χ1v) is 6.28. The van der Waals surface area contributed by atoms with Gasteiger partial charge in [-0.25, -0.2) is 4.39 Å². The first kappa shape index (κ1) is 11.8. The summed E-state index contributed by atoms with van der Waals surface area (Å²) in [6.07, 6.45) is 1.93. The van der Waals surface area contributed by atoms with Crippen LogP contribution in [0.3, 0.4) is 0 Å². The topological polar surface area (TPSA) is 27.8 Å². The Morgan fingerprint density at radius 2 is 2.00 bits per heavy atom. The molecule has 0 aliphatic rings. The van der Waals surface area contributed by atoms with E-state index in [1.807, 2.05) is 19.2 Å². The van der Waals surface area contributed by atoms with Crippen molar-refractivity contribution in [3.63, 3.8) is 0 Å². The second-order valence-electron chi connectivity index (χ2n) is 4.71. The maximum absolute atomic E-state index is 13.2. The third-order valence-electron chi connectivity index (χ3n) is 3.30. The molecule has 0 atom stereocenters. The molecule has 3 heteroatoms. The summed E-state index contributed by atoms with van der Waals surface area (Å²) in [6.45, 7) is 2.65. The van der Waals surface area contributed by atoms with Gasteiger partial charge in [-0.3, -0.25) is 0 Å². The summed E-state index contributed by atoms with van der Waals surface area (Å²) < 4.78 is 13.2. The Bertz CT molecular complexity index is 716. The molecule has 0 radical (unpaired) electrons. The van der Waals surface area contributed by atoms with Gasteiger partial charge in [-0.2, -0.15) is 0 Å². The molecule has 0 fully saturated rings. The highest BCUT2D eigenvalue weighted by atomic mass is 19.1. The van der Waals surface area contributed by atoms with Crippen LogP contribution in [0.1, 0.15) is 11.1 Å². The highest BCUT2D eigenvalue weighted by Crippen LogP contribution is 2.19. The normalized spacial score (nSPS) is 10.8. The predicted octanol–water partition coefficient (Wildman–Crippen LogP) is 4.23. The second kappa shape index (κ2) is 4.76. The molecule has 3 rings (SSSR count). The number of H-pyrrole nitrogens is 1. The maximum atomic E-state index is 13.2. The van der Waals surface area contributed by atoms with Gasteiger partial charge in [0.05, 0.1) is 0 Å². The van der Waals surface area contributed by atoms with Gasteiger partial charge in [0.25, 0.3) is 0 Å². The van der Waals surface area contributed by atoms with Crippen molar-refractivity contribution in [3.8, 4) is 0 Å². The van der Waals surface area contributed by atoms with E-state index in [0.717, 1.165) is 16.8 Å². The minimum absolute atomic E-state index is 0.215. The number of halogens is 1. The number of benzene rings is 2. The molecule has 0 unspecified atom stereocenters. The Morgan fingerprint density at radius 1 is 1.11 bits per heavy atom. The van der Waals surface area contributed by atoms with E-state index >= 15 is 0 Å². The van der Waals surface area contributed by atoms with Crippen LogP contribution in [0.4, 0.5) is 10.1 Å². The highest BCUT2D eigenvalue weighted by Gasteiger charge is 2.01. The summed E-state index contributed by atoms with van der Waals surface area (Å²) in [4.78, 5) is 3.19. The van der Waals surface area contributed by atoms with Gasteiger partial charge in [0.2, 0.25) is 0 Å². The van der Waals surface area contributed by atoms with Gasteiger partial charge in [0.15, 0.2) is 0 Å². The van der Waals surface area contributed by atoms with Gasteiger partial charge < -0.3 is 10.3 Å². The number of aromatic amines is 1. The Hall–Kier alpha value is -2.29. The lowest BCUT2D eigenvalue weighted by molar-refractivity contribution is 0.628. The third-order valence-corrected chi connectivity index (χ3v) is 3.30. The molecule has 0 aliphatic heterocycles. The SMILES string of the molecule is Cc1ccc(F)cc1NCc1ccc2cc[nH]c2c1. The van der Waals surface area contributed by atoms with Crippen molar-refractivity contribution in [3.05, 3.63) is 65.6 Å². The van der Waals surface area contributed by atoms with Crippen molar-refractivity contribution < 1.29 is 4.39 Å². The van der Waals surface area contributed by atoms with Crippen LogP contribution in [-0.4, -0.2) is 4.98 Å². The molecule has 0 saturated carbocycles. The van der Waals surface area contributed by atoms with Crippen LogP contribution >= 0.6 is 0 Å². The zero-order valence-electron chi connectivity index (χ0n) is 10.7. The van der Waals surface area contributed by atoms with E-state index in [-0.39, 0.29) is 5.82 Å². The number of hydrogen-bond donors (Lipinski definition) is 2.